The molecule has 486 valence electrons. The van der Waals surface area contributed by atoms with Crippen LogP contribution < -0.4 is 16.8 Å². The third-order valence-corrected chi connectivity index (χ3v) is 16.0. The number of nitrogen functional groups attached to an aromatic ring is 2. The second kappa shape index (κ2) is 34.0. The number of nitrogens with one attached hydrogen (secondary N) is 1. The molecule has 0 unspecified atom stereocenters. The van der Waals surface area contributed by atoms with Crippen LogP contribution in [0.4, 0.5) is 28.4 Å². The Kier molecular flexibility index (Phi) is 26.8. The number of nitrogens with two attached hydrogens (primary N) is 2. The summed E-state index contributed by atoms with van der Waals surface area (Å²) < 4.78 is 56.4. The SMILES string of the molecule is CC(=O)CC(C)=O.Cc1noc(C)c1-c1cc(N)c2nc(C)n([C@@H](C)c3ccccc3)c2c1.Cc1noc(C)c1-c1cc(N[C@@H](C)c2ccccc2)c(N)c([N+](=O)[O-])c1.Cc1noc(C)c1-c1cc([N+](=O)[O-])c2nc(C)n([C@@H](C)c3ccccc3)c2c1.O=S(=O)=S(=O)=O.[Na][Na]. The molecule has 11 aromatic rings. The minimum atomic E-state index is -2.95. The van der Waals surface area contributed by atoms with Gasteiger partial charge in [-0.1, -0.05) is 106 Å². The number of rotatable bonds is 14. The van der Waals surface area contributed by atoms with Crippen LogP contribution in [0.15, 0.2) is 141 Å². The van der Waals surface area contributed by atoms with Crippen LogP contribution in [0.2, 0.25) is 0 Å². The third kappa shape index (κ3) is 18.5. The Balaban J connectivity index is 0.000000203. The fourth-order valence-corrected chi connectivity index (χ4v) is 10.9. The van der Waals surface area contributed by atoms with E-state index in [1.165, 1.54) is 69.1 Å². The van der Waals surface area contributed by atoms with Gasteiger partial charge in [0.15, 0.2) is 5.52 Å². The van der Waals surface area contributed by atoms with E-state index < -0.39 is 23.5 Å². The molecule has 11 rings (SSSR count). The average Bonchev–Trinajstić information content (AvgIpc) is 1.63. The Morgan fingerprint density at radius 2 is 0.884 bits per heavy atom. The van der Waals surface area contributed by atoms with Gasteiger partial charge in [0.1, 0.15) is 51.7 Å². The van der Waals surface area contributed by atoms with Gasteiger partial charge in [-0.25, -0.2) is 9.97 Å². The first-order valence-electron chi connectivity index (χ1n) is 29.9. The monoisotopic (exact) mass is 1350 g/mol. The first-order valence-corrected chi connectivity index (χ1v) is 40.6. The van der Waals surface area contributed by atoms with Crippen molar-refractivity contribution >= 4 is 124 Å². The summed E-state index contributed by atoms with van der Waals surface area (Å²) in [6, 6.07) is 41.2. The molecule has 95 heavy (non-hydrogen) atoms. The molecule has 5 aromatic heterocycles. The first kappa shape index (κ1) is 75.1. The number of benzene rings is 6. The number of carbonyl (C=O) groups is 2. The second-order valence-corrected chi connectivity index (χ2v) is 24.3. The van der Waals surface area contributed by atoms with Crippen LogP contribution in [0.3, 0.4) is 0 Å². The van der Waals surface area contributed by atoms with Crippen molar-refractivity contribution in [1.29, 1.82) is 0 Å². The van der Waals surface area contributed by atoms with E-state index in [1.807, 2.05) is 125 Å². The van der Waals surface area contributed by atoms with E-state index >= 15 is 0 Å². The molecular weight excluding hydrogens is 1280 g/mol. The van der Waals surface area contributed by atoms with Crippen LogP contribution in [-0.2, 0) is 28.1 Å². The fourth-order valence-electron chi connectivity index (χ4n) is 10.9. The van der Waals surface area contributed by atoms with Crippen LogP contribution in [-0.4, -0.2) is 116 Å². The van der Waals surface area contributed by atoms with Gasteiger partial charge < -0.3 is 39.5 Å². The predicted molar refractivity (Wildman–Crippen MR) is 367 cm³/mol. The Morgan fingerprint density at radius 1 is 0.537 bits per heavy atom. The van der Waals surface area contributed by atoms with Crippen LogP contribution in [0, 0.1) is 75.6 Å². The summed E-state index contributed by atoms with van der Waals surface area (Å²) in [5.41, 5.74) is 27.0. The number of nitrogens with zero attached hydrogens (tertiary/aromatic N) is 9. The van der Waals surface area contributed by atoms with Gasteiger partial charge in [-0.3, -0.25) is 29.8 Å². The quantitative estimate of drug-likeness (QED) is 0.0299. The summed E-state index contributed by atoms with van der Waals surface area (Å²) in [6.45, 7) is 24.0. The number of anilines is 3. The van der Waals surface area contributed by atoms with Gasteiger partial charge in [0.2, 0.25) is 0 Å². The van der Waals surface area contributed by atoms with E-state index in [4.69, 9.17) is 46.9 Å². The van der Waals surface area contributed by atoms with Gasteiger partial charge in [0.25, 0.3) is 11.4 Å². The molecule has 0 saturated carbocycles. The molecule has 0 aliphatic carbocycles. The van der Waals surface area contributed by atoms with Crippen molar-refractivity contribution in [2.24, 2.45) is 0 Å². The number of hydrogen-bond acceptors (Lipinski definition) is 21. The molecule has 5 heterocycles. The van der Waals surface area contributed by atoms with Crippen molar-refractivity contribution in [2.75, 3.05) is 16.8 Å². The number of aryl methyl sites for hydroxylation is 8. The fraction of sp³-hybridized carbons (Fsp3) is 0.258. The number of hydrogen-bond donors (Lipinski definition) is 3. The molecule has 0 aliphatic rings. The molecule has 0 saturated heterocycles. The number of nitro groups is 2. The van der Waals surface area contributed by atoms with E-state index in [1.54, 1.807) is 32.9 Å². The minimum absolute atomic E-state index is 0.0189. The number of imidazole rings is 2. The Hall–Kier alpha value is -8.93. The molecule has 0 aliphatic heterocycles. The molecule has 0 radical (unpaired) electrons. The summed E-state index contributed by atoms with van der Waals surface area (Å²) in [5.74, 6) is 3.57. The summed E-state index contributed by atoms with van der Waals surface area (Å²) in [5, 5.41) is 38.5. The summed E-state index contributed by atoms with van der Waals surface area (Å²) in [7, 11) is -5.90. The van der Waals surface area contributed by atoms with Gasteiger partial charge in [-0.05, 0) is 148 Å². The summed E-state index contributed by atoms with van der Waals surface area (Å²) >= 11 is 2.89. The molecule has 0 fully saturated rings. The van der Waals surface area contributed by atoms with Gasteiger partial charge >= 0.3 is 62.1 Å². The first-order chi connectivity index (χ1) is 45.0. The van der Waals surface area contributed by atoms with Crippen LogP contribution in [0.5, 0.6) is 0 Å². The van der Waals surface area contributed by atoms with Crippen molar-refractivity contribution in [3.63, 3.8) is 0 Å². The molecule has 25 nitrogen and oxygen atoms in total. The summed E-state index contributed by atoms with van der Waals surface area (Å²) in [4.78, 5) is 51.7. The Labute approximate surface area is 578 Å². The van der Waals surface area contributed by atoms with Gasteiger partial charge in [-0.2, -0.15) is 16.8 Å². The standard InChI is InChI=1S/C21H20N4O3.C21H22N4O.C19H20N4O3.C5H8O2.2Na.O4S2/c1-12-20(14(3)28-23-12)17-10-18-21(19(11-17)25(26)27)22-15(4)24(18)13(2)16-8-6-5-7-9-16;1-12-20(14(3)26-24-12)17-10-18(22)21-19(11-17)25(15(4)23-21)13(2)16-8-6-5-7-9-16;1-11(14-7-5-4-6-8-14)21-16-9-15(10-17(19(16)20)23(24)25)18-12(2)22-26-13(18)3;1-4(6)3-5(2)7;;;1-5(2)6(3)4/h5-11,13H,1-4H3;5-11,13H,22H2,1-4H3;4-11,21H,20H2,1-3H3;3H2,1-2H3;;;/t2*13-;11-;;;;/m000..../s1. The van der Waals surface area contributed by atoms with Gasteiger partial charge in [0, 0.05) is 34.9 Å². The van der Waals surface area contributed by atoms with Crippen molar-refractivity contribution in [3.8, 4) is 33.4 Å². The second-order valence-electron chi connectivity index (χ2n) is 21.9. The number of non-ortho nitro benzene ring substituents is 1. The van der Waals surface area contributed by atoms with E-state index in [0.717, 1.165) is 73.0 Å². The number of ketones is 2. The Morgan fingerprint density at radius 3 is 1.23 bits per heavy atom. The number of carbonyl (C=O) groups excluding carboxylic acids is 2. The van der Waals surface area contributed by atoms with Gasteiger partial charge in [0.05, 0.1) is 67.8 Å². The summed E-state index contributed by atoms with van der Waals surface area (Å²) in [6.07, 6.45) is 0.0833. The van der Waals surface area contributed by atoms with E-state index in [0.29, 0.717) is 50.9 Å². The number of fused-ring (bicyclic) bond motifs is 2. The number of nitro benzene ring substituents is 2. The van der Waals surface area contributed by atoms with E-state index in [9.17, 15) is 29.8 Å². The van der Waals surface area contributed by atoms with Crippen LogP contribution in [0.1, 0.15) is 122 Å². The Bertz CT molecular complexity index is 4740. The molecular formula is C66H70N12Na2O13S2. The maximum atomic E-state index is 11.8. The third-order valence-electron chi connectivity index (χ3n) is 15.1. The predicted octanol–water partition coefficient (Wildman–Crippen LogP) is 13.0. The molecule has 29 heteroatoms. The molecule has 5 N–H and O–H groups in total. The zero-order valence-electron chi connectivity index (χ0n) is 55.4. The zero-order chi connectivity index (χ0) is 70.3. The molecule has 3 atom stereocenters. The zero-order valence-corrected chi connectivity index (χ0v) is 61.0. The molecule has 0 bridgehead atoms. The van der Waals surface area contributed by atoms with Crippen LogP contribution in [0.25, 0.3) is 55.4 Å². The van der Waals surface area contributed by atoms with E-state index in [-0.39, 0.29) is 58.1 Å². The topological polar surface area (TPSA) is 366 Å². The van der Waals surface area contributed by atoms with Crippen LogP contribution >= 0.6 is 0 Å². The number of aromatic nitrogens is 7. The molecule has 0 amide bonds. The number of Topliss-reactive ketones (excluding diaryl/α,β-unsaturated/α-hetero) is 2. The maximum absolute atomic E-state index is 11.8. The average molecular weight is 1350 g/mol. The normalized spacial score (nSPS) is 11.5. The molecule has 6 aromatic carbocycles. The van der Waals surface area contributed by atoms with Crippen molar-refractivity contribution in [3.05, 3.63) is 210 Å². The van der Waals surface area contributed by atoms with Crippen molar-refractivity contribution in [2.45, 2.75) is 115 Å². The van der Waals surface area contributed by atoms with Gasteiger partial charge in [-0.15, -0.1) is 0 Å². The molecule has 0 spiro atoms. The van der Waals surface area contributed by atoms with E-state index in [2.05, 4.69) is 74.5 Å². The van der Waals surface area contributed by atoms with Crippen molar-refractivity contribution < 1.29 is 49.8 Å². The van der Waals surface area contributed by atoms with Crippen molar-refractivity contribution in [1.82, 2.24) is 34.6 Å².